The normalized spacial score (nSPS) is 20.3. The van der Waals surface area contributed by atoms with Gasteiger partial charge in [-0.25, -0.2) is 4.39 Å². The highest BCUT2D eigenvalue weighted by Crippen LogP contribution is 2.44. The summed E-state index contributed by atoms with van der Waals surface area (Å²) in [5.74, 6) is -0.125. The molecule has 0 bridgehead atoms. The van der Waals surface area contributed by atoms with Crippen LogP contribution in [0.2, 0.25) is 0 Å². The molecule has 3 aliphatic rings. The third kappa shape index (κ3) is 3.63. The zero-order chi connectivity index (χ0) is 24.0. The average Bonchev–Trinajstić information content (AvgIpc) is 2.83. The van der Waals surface area contributed by atoms with Crippen molar-refractivity contribution in [3.05, 3.63) is 72.2 Å². The lowest BCUT2D eigenvalue weighted by Crippen LogP contribution is -2.73. The second-order valence-electron chi connectivity index (χ2n) is 10.1. The summed E-state index contributed by atoms with van der Waals surface area (Å²) in [6, 6.07) is 15.7. The Kier molecular flexibility index (Phi) is 5.21. The molecule has 4 heterocycles. The number of carbonyl (C=O) groups excluding carboxylic acids is 1. The van der Waals surface area contributed by atoms with Crippen molar-refractivity contribution < 1.29 is 14.3 Å². The number of aromatic hydroxyl groups is 1. The smallest absolute Gasteiger partial charge is 0.233 e. The van der Waals surface area contributed by atoms with Crippen LogP contribution in [0.3, 0.4) is 0 Å². The number of likely N-dealkylation sites (tertiary alicyclic amines) is 1. The molecule has 1 spiro atoms. The Morgan fingerprint density at radius 2 is 1.74 bits per heavy atom. The molecule has 2 N–H and O–H groups in total. The molecule has 0 atom stereocenters. The van der Waals surface area contributed by atoms with Crippen LogP contribution in [0.15, 0.2) is 60.8 Å². The van der Waals surface area contributed by atoms with E-state index in [0.717, 1.165) is 31.9 Å². The fraction of sp³-hybridized carbons (Fsp3) is 0.370. The van der Waals surface area contributed by atoms with E-state index >= 15 is 4.39 Å². The number of amides is 1. The van der Waals surface area contributed by atoms with Gasteiger partial charge in [0.05, 0.1) is 23.0 Å². The van der Waals surface area contributed by atoms with Crippen LogP contribution in [0.5, 0.6) is 5.75 Å². The number of halogens is 1. The molecule has 3 aromatic rings. The van der Waals surface area contributed by atoms with E-state index in [1.807, 2.05) is 23.1 Å². The second-order valence-corrected chi connectivity index (χ2v) is 10.1. The van der Waals surface area contributed by atoms with Crippen LogP contribution in [0.4, 0.5) is 10.1 Å². The number of benzene rings is 2. The van der Waals surface area contributed by atoms with E-state index in [1.165, 1.54) is 6.07 Å². The number of para-hydroxylation sites is 1. The molecule has 2 aromatic carbocycles. The van der Waals surface area contributed by atoms with Crippen LogP contribution in [-0.2, 0) is 10.2 Å². The molecule has 3 aliphatic heterocycles. The van der Waals surface area contributed by atoms with E-state index in [-0.39, 0.29) is 22.9 Å². The zero-order valence-electron chi connectivity index (χ0n) is 19.5. The van der Waals surface area contributed by atoms with E-state index in [9.17, 15) is 9.90 Å². The van der Waals surface area contributed by atoms with Gasteiger partial charge < -0.3 is 20.2 Å². The van der Waals surface area contributed by atoms with Crippen molar-refractivity contribution in [3.8, 4) is 17.0 Å². The molecule has 3 fully saturated rings. The van der Waals surface area contributed by atoms with Gasteiger partial charge in [0, 0.05) is 55.8 Å². The van der Waals surface area contributed by atoms with Gasteiger partial charge >= 0.3 is 0 Å². The number of nitrogens with zero attached hydrogens (tertiary/aromatic N) is 4. The van der Waals surface area contributed by atoms with Gasteiger partial charge in [-0.2, -0.15) is 10.2 Å². The molecular weight excluding hydrogens is 445 g/mol. The fourth-order valence-electron chi connectivity index (χ4n) is 5.86. The summed E-state index contributed by atoms with van der Waals surface area (Å²) >= 11 is 0. The van der Waals surface area contributed by atoms with Crippen LogP contribution in [0.25, 0.3) is 11.3 Å². The third-order valence-corrected chi connectivity index (χ3v) is 7.94. The van der Waals surface area contributed by atoms with E-state index in [1.54, 1.807) is 36.5 Å². The second kappa shape index (κ2) is 8.30. The first-order valence-electron chi connectivity index (χ1n) is 12.1. The summed E-state index contributed by atoms with van der Waals surface area (Å²) in [5, 5.41) is 21.9. The average molecular weight is 474 g/mol. The van der Waals surface area contributed by atoms with Crippen LogP contribution in [0.1, 0.15) is 18.4 Å². The Balaban J connectivity index is 1.26. The molecule has 1 amide bonds. The molecule has 0 saturated carbocycles. The Bertz CT molecular complexity index is 1260. The summed E-state index contributed by atoms with van der Waals surface area (Å²) in [6.07, 6.45) is 2.73. The van der Waals surface area contributed by atoms with E-state index in [4.69, 9.17) is 0 Å². The molecule has 3 saturated heterocycles. The number of anilines is 1. The SMILES string of the molecule is O=C(N1CC2(CNC2)C1)C1(c2ccccc2F)CCN(c2cnnc(-c3ccccc3O)c2)CC1. The molecule has 0 radical (unpaired) electrons. The summed E-state index contributed by atoms with van der Waals surface area (Å²) in [6.45, 7) is 4.57. The number of aromatic nitrogens is 2. The van der Waals surface area contributed by atoms with Crippen LogP contribution < -0.4 is 10.2 Å². The number of hydrogen-bond acceptors (Lipinski definition) is 6. The van der Waals surface area contributed by atoms with Gasteiger partial charge in [-0.1, -0.05) is 30.3 Å². The minimum atomic E-state index is -0.873. The number of piperidine rings is 1. The van der Waals surface area contributed by atoms with E-state index in [2.05, 4.69) is 20.4 Å². The summed E-state index contributed by atoms with van der Waals surface area (Å²) in [5.41, 5.74) is 1.92. The Morgan fingerprint density at radius 3 is 2.43 bits per heavy atom. The Hall–Kier alpha value is -3.52. The molecule has 1 aromatic heterocycles. The van der Waals surface area contributed by atoms with Crippen molar-refractivity contribution in [2.24, 2.45) is 5.41 Å². The number of nitrogens with one attached hydrogen (secondary N) is 1. The van der Waals surface area contributed by atoms with Gasteiger partial charge in [-0.15, -0.1) is 0 Å². The first-order valence-corrected chi connectivity index (χ1v) is 12.1. The lowest BCUT2D eigenvalue weighted by Gasteiger charge is -2.58. The van der Waals surface area contributed by atoms with Crippen LogP contribution in [-0.4, -0.2) is 65.4 Å². The number of phenols is 1. The molecule has 6 rings (SSSR count). The van der Waals surface area contributed by atoms with Gasteiger partial charge in [0.2, 0.25) is 5.91 Å². The first-order chi connectivity index (χ1) is 17.0. The summed E-state index contributed by atoms with van der Waals surface area (Å²) in [4.78, 5) is 18.0. The lowest BCUT2D eigenvalue weighted by atomic mass is 9.68. The molecule has 7 nitrogen and oxygen atoms in total. The van der Waals surface area contributed by atoms with Crippen LogP contribution in [0, 0.1) is 11.2 Å². The number of phenolic OH excluding ortho intramolecular Hbond substituents is 1. The quantitative estimate of drug-likeness (QED) is 0.607. The minimum Gasteiger partial charge on any atom is -0.507 e. The molecule has 0 unspecified atom stereocenters. The maximum Gasteiger partial charge on any atom is 0.233 e. The molecule has 180 valence electrons. The largest absolute Gasteiger partial charge is 0.507 e. The third-order valence-electron chi connectivity index (χ3n) is 7.94. The number of hydrogen-bond donors (Lipinski definition) is 2. The molecule has 8 heteroatoms. The molecule has 35 heavy (non-hydrogen) atoms. The number of carbonyl (C=O) groups is 1. The maximum atomic E-state index is 15.1. The Morgan fingerprint density at radius 1 is 1.03 bits per heavy atom. The summed E-state index contributed by atoms with van der Waals surface area (Å²) < 4.78 is 15.1. The van der Waals surface area contributed by atoms with Crippen LogP contribution >= 0.6 is 0 Å². The monoisotopic (exact) mass is 473 g/mol. The van der Waals surface area contributed by atoms with E-state index in [0.29, 0.717) is 42.8 Å². The summed E-state index contributed by atoms with van der Waals surface area (Å²) in [7, 11) is 0. The topological polar surface area (TPSA) is 81.6 Å². The highest BCUT2D eigenvalue weighted by molar-refractivity contribution is 5.89. The van der Waals surface area contributed by atoms with E-state index < -0.39 is 5.41 Å². The van der Waals surface area contributed by atoms with Gasteiger partial charge in [0.1, 0.15) is 11.6 Å². The van der Waals surface area contributed by atoms with Gasteiger partial charge in [0.25, 0.3) is 0 Å². The van der Waals surface area contributed by atoms with Crippen molar-refractivity contribution in [3.63, 3.8) is 0 Å². The number of rotatable bonds is 4. The highest BCUT2D eigenvalue weighted by atomic mass is 19.1. The Labute approximate surface area is 203 Å². The van der Waals surface area contributed by atoms with Crippen molar-refractivity contribution in [1.82, 2.24) is 20.4 Å². The first kappa shape index (κ1) is 22.0. The zero-order valence-corrected chi connectivity index (χ0v) is 19.5. The minimum absolute atomic E-state index is 0.0440. The maximum absolute atomic E-state index is 15.1. The lowest BCUT2D eigenvalue weighted by molar-refractivity contribution is -0.154. The molecular formula is C27H28FN5O2. The standard InChI is InChI=1S/C27H28FN5O2/c28-22-7-3-2-6-21(22)27(25(35)33-17-26(18-33)15-29-16-26)9-11-32(12-10-27)19-13-23(31-30-14-19)20-5-1-4-8-24(20)34/h1-8,13-14,29,34H,9-12,15-18H2. The van der Waals surface area contributed by atoms with Crippen molar-refractivity contribution in [2.45, 2.75) is 18.3 Å². The highest BCUT2D eigenvalue weighted by Gasteiger charge is 2.54. The molecule has 0 aliphatic carbocycles. The van der Waals surface area contributed by atoms with Gasteiger partial charge in [-0.05, 0) is 37.1 Å². The fourth-order valence-corrected chi connectivity index (χ4v) is 5.86. The van der Waals surface area contributed by atoms with Crippen molar-refractivity contribution in [1.29, 1.82) is 0 Å². The van der Waals surface area contributed by atoms with Gasteiger partial charge in [-0.3, -0.25) is 4.79 Å². The van der Waals surface area contributed by atoms with Crippen molar-refractivity contribution >= 4 is 11.6 Å². The predicted octanol–water partition coefficient (Wildman–Crippen LogP) is 2.96. The van der Waals surface area contributed by atoms with Gasteiger partial charge in [0.15, 0.2) is 0 Å². The predicted molar refractivity (Wildman–Crippen MR) is 131 cm³/mol. The van der Waals surface area contributed by atoms with Crippen molar-refractivity contribution in [2.75, 3.05) is 44.2 Å².